The van der Waals surface area contributed by atoms with Gasteiger partial charge in [-0.25, -0.2) is 4.99 Å². The summed E-state index contributed by atoms with van der Waals surface area (Å²) in [6.07, 6.45) is 3.34. The number of carbonyl (C=O) groups excluding carboxylic acids is 2. The molecule has 1 aliphatic heterocycles. The van der Waals surface area contributed by atoms with Crippen molar-refractivity contribution in [1.82, 2.24) is 10.3 Å². The molecule has 6 heteroatoms. The van der Waals surface area contributed by atoms with Gasteiger partial charge < -0.3 is 9.72 Å². The molecule has 33 heavy (non-hydrogen) atoms. The second-order valence-electron chi connectivity index (χ2n) is 7.81. The minimum Gasteiger partial charge on any atom is -0.489 e. The van der Waals surface area contributed by atoms with Gasteiger partial charge in [0.25, 0.3) is 11.8 Å². The van der Waals surface area contributed by atoms with Crippen LogP contribution in [0.15, 0.2) is 89.7 Å². The number of aliphatic imine (C=N–C) groups is 1. The molecule has 0 atom stereocenters. The molecule has 0 saturated heterocycles. The van der Waals surface area contributed by atoms with Crippen LogP contribution in [0.2, 0.25) is 0 Å². The van der Waals surface area contributed by atoms with Gasteiger partial charge in [0.15, 0.2) is 0 Å². The number of hydrogen-bond donors (Lipinski definition) is 2. The number of fused-ring (bicyclic) bond motifs is 1. The number of benzene rings is 3. The van der Waals surface area contributed by atoms with E-state index in [2.05, 4.69) is 15.3 Å². The smallest absolute Gasteiger partial charge is 0.277 e. The zero-order valence-electron chi connectivity index (χ0n) is 18.0. The first-order valence-corrected chi connectivity index (χ1v) is 10.6. The van der Waals surface area contributed by atoms with Gasteiger partial charge in [0.05, 0.1) is 5.57 Å². The number of nitrogens with one attached hydrogen (secondary N) is 2. The van der Waals surface area contributed by atoms with E-state index >= 15 is 0 Å². The third kappa shape index (κ3) is 4.06. The number of ether oxygens (including phenoxy) is 1. The zero-order valence-corrected chi connectivity index (χ0v) is 18.0. The van der Waals surface area contributed by atoms with Gasteiger partial charge in [0.1, 0.15) is 18.1 Å². The van der Waals surface area contributed by atoms with Crippen molar-refractivity contribution in [3.05, 3.63) is 107 Å². The zero-order chi connectivity index (χ0) is 22.8. The molecule has 0 aliphatic carbocycles. The van der Waals surface area contributed by atoms with Crippen LogP contribution in [0.4, 0.5) is 0 Å². The molecule has 0 radical (unpaired) electrons. The quantitative estimate of drug-likeness (QED) is 0.344. The van der Waals surface area contributed by atoms with Gasteiger partial charge >= 0.3 is 0 Å². The van der Waals surface area contributed by atoms with Gasteiger partial charge in [-0.05, 0) is 41.8 Å². The van der Waals surface area contributed by atoms with Crippen LogP contribution in [0.5, 0.6) is 5.75 Å². The van der Waals surface area contributed by atoms with Crippen molar-refractivity contribution >= 4 is 34.5 Å². The summed E-state index contributed by atoms with van der Waals surface area (Å²) in [5.41, 5.74) is 4.75. The second-order valence-corrected chi connectivity index (χ2v) is 7.81. The van der Waals surface area contributed by atoms with Gasteiger partial charge in [-0.2, -0.15) is 0 Å². The molecule has 0 bridgehead atoms. The fraction of sp³-hybridized carbons (Fsp3) is 0.0741. The van der Waals surface area contributed by atoms with Crippen LogP contribution in [0, 0.1) is 6.92 Å². The minimum atomic E-state index is -0.509. The summed E-state index contributed by atoms with van der Waals surface area (Å²) in [4.78, 5) is 32.8. The largest absolute Gasteiger partial charge is 0.489 e. The highest BCUT2D eigenvalue weighted by atomic mass is 16.5. The molecule has 1 aromatic heterocycles. The molecule has 2 N–H and O–H groups in total. The van der Waals surface area contributed by atoms with Crippen molar-refractivity contribution in [2.75, 3.05) is 0 Å². The number of aryl methyl sites for hydroxylation is 1. The van der Waals surface area contributed by atoms with Crippen LogP contribution in [0.3, 0.4) is 0 Å². The fourth-order valence-corrected chi connectivity index (χ4v) is 3.82. The number of rotatable bonds is 6. The van der Waals surface area contributed by atoms with Crippen molar-refractivity contribution in [1.29, 1.82) is 0 Å². The molecule has 0 unspecified atom stereocenters. The Kier molecular flexibility index (Phi) is 5.32. The van der Waals surface area contributed by atoms with Crippen molar-refractivity contribution in [2.24, 2.45) is 4.99 Å². The van der Waals surface area contributed by atoms with E-state index < -0.39 is 11.8 Å². The summed E-state index contributed by atoms with van der Waals surface area (Å²) in [6.45, 7) is 2.40. The molecule has 4 aromatic rings. The lowest BCUT2D eigenvalue weighted by molar-refractivity contribution is -0.123. The number of amides is 2. The minimum absolute atomic E-state index is 0.0970. The maximum atomic E-state index is 12.7. The number of imide groups is 1. The van der Waals surface area contributed by atoms with E-state index in [9.17, 15) is 9.59 Å². The fourth-order valence-electron chi connectivity index (χ4n) is 3.82. The van der Waals surface area contributed by atoms with E-state index in [1.807, 2.05) is 79.7 Å². The second kappa shape index (κ2) is 8.59. The van der Waals surface area contributed by atoms with E-state index in [1.165, 1.54) is 0 Å². The molecule has 1 aliphatic rings. The Morgan fingerprint density at radius 1 is 0.939 bits per heavy atom. The van der Waals surface area contributed by atoms with Gasteiger partial charge in [-0.1, -0.05) is 54.6 Å². The predicted octanol–water partition coefficient (Wildman–Crippen LogP) is 4.54. The summed E-state index contributed by atoms with van der Waals surface area (Å²) in [5, 5.41) is 3.15. The molecule has 0 spiro atoms. The van der Waals surface area contributed by atoms with Crippen LogP contribution in [0.25, 0.3) is 16.5 Å². The average Bonchev–Trinajstić information content (AvgIpc) is 3.36. The van der Waals surface area contributed by atoms with Crippen molar-refractivity contribution in [2.45, 2.75) is 13.5 Å². The van der Waals surface area contributed by atoms with Gasteiger partial charge in [-0.15, -0.1) is 0 Å². The Bertz CT molecular complexity index is 1430. The Morgan fingerprint density at radius 2 is 1.73 bits per heavy atom. The van der Waals surface area contributed by atoms with Crippen LogP contribution in [0.1, 0.15) is 22.3 Å². The molecule has 2 heterocycles. The molecule has 3 aromatic carbocycles. The lowest BCUT2D eigenvalue weighted by Crippen LogP contribution is -2.22. The summed E-state index contributed by atoms with van der Waals surface area (Å²) in [6, 6.07) is 23.2. The molecule has 6 nitrogen and oxygen atoms in total. The highest BCUT2D eigenvalue weighted by Gasteiger charge is 2.32. The van der Waals surface area contributed by atoms with Gasteiger partial charge in [-0.3, -0.25) is 14.9 Å². The van der Waals surface area contributed by atoms with Crippen LogP contribution >= 0.6 is 0 Å². The summed E-state index contributed by atoms with van der Waals surface area (Å²) in [5.74, 6) is -0.304. The molecule has 0 saturated carbocycles. The van der Waals surface area contributed by atoms with E-state index in [4.69, 9.17) is 4.74 Å². The molecule has 0 fully saturated rings. The SMILES string of the molecule is Cc1ccccc1C=NC1=C(c2c[nH]c3ccc(OCc4ccccc4)cc23)C(=O)NC1=O. The van der Waals surface area contributed by atoms with Crippen LogP contribution < -0.4 is 10.1 Å². The summed E-state index contributed by atoms with van der Waals surface area (Å²) < 4.78 is 5.95. The lowest BCUT2D eigenvalue weighted by Gasteiger charge is -2.07. The Balaban J connectivity index is 1.52. The summed E-state index contributed by atoms with van der Waals surface area (Å²) in [7, 11) is 0. The maximum absolute atomic E-state index is 12.7. The number of hydrogen-bond acceptors (Lipinski definition) is 4. The number of aromatic amines is 1. The number of aromatic nitrogens is 1. The first-order valence-electron chi connectivity index (χ1n) is 10.6. The van der Waals surface area contributed by atoms with Crippen LogP contribution in [-0.2, 0) is 16.2 Å². The summed E-state index contributed by atoms with van der Waals surface area (Å²) >= 11 is 0. The predicted molar refractivity (Wildman–Crippen MR) is 128 cm³/mol. The third-order valence-corrected chi connectivity index (χ3v) is 5.60. The molecule has 5 rings (SSSR count). The molecular weight excluding hydrogens is 414 g/mol. The van der Waals surface area contributed by atoms with Crippen molar-refractivity contribution in [3.63, 3.8) is 0 Å². The average molecular weight is 435 g/mol. The Labute approximate surface area is 190 Å². The molecule has 2 amide bonds. The lowest BCUT2D eigenvalue weighted by atomic mass is 10.0. The Hall–Kier alpha value is -4.45. The van der Waals surface area contributed by atoms with Gasteiger partial charge in [0, 0.05) is 28.9 Å². The first-order chi connectivity index (χ1) is 16.1. The first kappa shape index (κ1) is 20.5. The highest BCUT2D eigenvalue weighted by Crippen LogP contribution is 2.33. The Morgan fingerprint density at radius 3 is 2.55 bits per heavy atom. The monoisotopic (exact) mass is 435 g/mol. The van der Waals surface area contributed by atoms with Crippen molar-refractivity contribution in [3.8, 4) is 5.75 Å². The maximum Gasteiger partial charge on any atom is 0.277 e. The van der Waals surface area contributed by atoms with Crippen molar-refractivity contribution < 1.29 is 14.3 Å². The standard InChI is InChI=1S/C27H21N3O3/c1-17-7-5-6-10-19(17)14-29-25-24(26(31)30-27(25)32)22-15-28-23-12-11-20(13-21(22)23)33-16-18-8-3-2-4-9-18/h2-15,28H,16H2,1H3,(H,30,31,32). The number of nitrogens with zero attached hydrogens (tertiary/aromatic N) is 1. The van der Waals surface area contributed by atoms with E-state index in [1.54, 1.807) is 12.4 Å². The van der Waals surface area contributed by atoms with Gasteiger partial charge in [0.2, 0.25) is 0 Å². The number of carbonyl (C=O) groups is 2. The molecular formula is C27H21N3O3. The third-order valence-electron chi connectivity index (χ3n) is 5.60. The topological polar surface area (TPSA) is 83.5 Å². The number of H-pyrrole nitrogens is 1. The van der Waals surface area contributed by atoms with E-state index in [0.29, 0.717) is 17.9 Å². The normalized spacial score (nSPS) is 13.8. The highest BCUT2D eigenvalue weighted by molar-refractivity contribution is 6.37. The van der Waals surface area contributed by atoms with E-state index in [-0.39, 0.29) is 11.3 Å². The molecule has 162 valence electrons. The van der Waals surface area contributed by atoms with E-state index in [0.717, 1.165) is 27.6 Å². The van der Waals surface area contributed by atoms with Crippen LogP contribution in [-0.4, -0.2) is 23.0 Å².